The molecule has 2 aliphatic heterocycles. The first-order valence-corrected chi connectivity index (χ1v) is 11.3. The molecule has 1 unspecified atom stereocenters. The number of aromatic nitrogens is 1. The molecule has 9 nitrogen and oxygen atoms in total. The Balaban J connectivity index is 1.42. The van der Waals surface area contributed by atoms with Crippen molar-refractivity contribution in [2.75, 3.05) is 40.0 Å². The molecule has 2 fully saturated rings. The van der Waals surface area contributed by atoms with E-state index in [0.717, 1.165) is 25.7 Å². The van der Waals surface area contributed by atoms with Crippen molar-refractivity contribution in [3.8, 4) is 0 Å². The van der Waals surface area contributed by atoms with Gasteiger partial charge in [-0.15, -0.1) is 0 Å². The van der Waals surface area contributed by atoms with Gasteiger partial charge in [0.15, 0.2) is 5.58 Å². The molecule has 2 saturated heterocycles. The van der Waals surface area contributed by atoms with Crippen molar-refractivity contribution >= 4 is 22.9 Å². The van der Waals surface area contributed by atoms with Crippen LogP contribution in [0, 0.1) is 0 Å². The molecule has 4 rings (SSSR count). The van der Waals surface area contributed by atoms with Crippen LogP contribution >= 0.6 is 0 Å². The number of fused-ring (bicyclic) bond motifs is 1. The van der Waals surface area contributed by atoms with Crippen LogP contribution in [0.4, 0.5) is 0 Å². The number of hydrogen-bond donors (Lipinski definition) is 0. The van der Waals surface area contributed by atoms with Gasteiger partial charge in [0.2, 0.25) is 11.8 Å². The summed E-state index contributed by atoms with van der Waals surface area (Å²) in [5.41, 5.74) is 1.21. The summed E-state index contributed by atoms with van der Waals surface area (Å²) in [5, 5.41) is 0. The number of ether oxygens (including phenoxy) is 2. The van der Waals surface area contributed by atoms with Gasteiger partial charge in [0.05, 0.1) is 5.52 Å². The predicted molar refractivity (Wildman–Crippen MR) is 117 cm³/mol. The fraction of sp³-hybridized carbons (Fsp3) is 0.609. The molecule has 32 heavy (non-hydrogen) atoms. The van der Waals surface area contributed by atoms with Gasteiger partial charge < -0.3 is 23.7 Å². The molecule has 2 amide bonds. The van der Waals surface area contributed by atoms with Crippen molar-refractivity contribution in [2.45, 2.75) is 50.7 Å². The van der Waals surface area contributed by atoms with E-state index in [2.05, 4.69) is 0 Å². The van der Waals surface area contributed by atoms with E-state index in [9.17, 15) is 14.4 Å². The van der Waals surface area contributed by atoms with E-state index >= 15 is 0 Å². The minimum absolute atomic E-state index is 0.0157. The molecule has 0 radical (unpaired) electrons. The lowest BCUT2D eigenvalue weighted by Gasteiger charge is -2.44. The minimum Gasteiger partial charge on any atom is -0.408 e. The van der Waals surface area contributed by atoms with Gasteiger partial charge in [-0.3, -0.25) is 14.2 Å². The monoisotopic (exact) mass is 445 g/mol. The van der Waals surface area contributed by atoms with Gasteiger partial charge in [-0.25, -0.2) is 4.79 Å². The van der Waals surface area contributed by atoms with Gasteiger partial charge in [-0.05, 0) is 37.8 Å². The number of carbonyl (C=O) groups is 2. The SMILES string of the molecule is COCC(=O)N(C1CCOCC1)C1CCCN(C(=O)CCn2c(=O)oc3ccccc32)C1. The second-order valence-electron chi connectivity index (χ2n) is 8.45. The van der Waals surface area contributed by atoms with Crippen molar-refractivity contribution in [3.05, 3.63) is 34.8 Å². The zero-order valence-corrected chi connectivity index (χ0v) is 18.5. The fourth-order valence-corrected chi connectivity index (χ4v) is 4.87. The molecule has 0 spiro atoms. The molecule has 1 aromatic heterocycles. The highest BCUT2D eigenvalue weighted by molar-refractivity contribution is 5.79. The summed E-state index contributed by atoms with van der Waals surface area (Å²) in [6.07, 6.45) is 3.51. The van der Waals surface area contributed by atoms with Gasteiger partial charge in [0.1, 0.15) is 6.61 Å². The number of carbonyl (C=O) groups excluding carboxylic acids is 2. The summed E-state index contributed by atoms with van der Waals surface area (Å²) in [6.45, 7) is 2.76. The summed E-state index contributed by atoms with van der Waals surface area (Å²) in [6, 6.07) is 7.29. The molecule has 9 heteroatoms. The van der Waals surface area contributed by atoms with Gasteiger partial charge >= 0.3 is 5.76 Å². The van der Waals surface area contributed by atoms with Gasteiger partial charge in [0.25, 0.3) is 0 Å². The van der Waals surface area contributed by atoms with E-state index in [1.54, 1.807) is 6.07 Å². The number of oxazole rings is 1. The number of nitrogens with zero attached hydrogens (tertiary/aromatic N) is 3. The van der Waals surface area contributed by atoms with Crippen molar-refractivity contribution in [2.24, 2.45) is 0 Å². The number of amides is 2. The third-order valence-corrected chi connectivity index (χ3v) is 6.41. The molecule has 0 aliphatic carbocycles. The number of hydrogen-bond acceptors (Lipinski definition) is 6. The van der Waals surface area contributed by atoms with Crippen molar-refractivity contribution in [1.29, 1.82) is 0 Å². The molecule has 1 aromatic carbocycles. The van der Waals surface area contributed by atoms with E-state index in [-0.39, 0.29) is 43.5 Å². The number of likely N-dealkylation sites (tertiary alicyclic amines) is 1. The molecule has 0 saturated carbocycles. The van der Waals surface area contributed by atoms with Gasteiger partial charge in [-0.2, -0.15) is 0 Å². The van der Waals surface area contributed by atoms with E-state index in [4.69, 9.17) is 13.9 Å². The number of methoxy groups -OCH3 is 1. The highest BCUT2D eigenvalue weighted by atomic mass is 16.5. The summed E-state index contributed by atoms with van der Waals surface area (Å²) in [4.78, 5) is 41.8. The van der Waals surface area contributed by atoms with Crippen LogP contribution in [0.1, 0.15) is 32.1 Å². The van der Waals surface area contributed by atoms with Crippen molar-refractivity contribution < 1.29 is 23.5 Å². The highest BCUT2D eigenvalue weighted by Crippen LogP contribution is 2.24. The number of aryl methyl sites for hydroxylation is 1. The molecule has 2 aromatic rings. The topological polar surface area (TPSA) is 94.2 Å². The van der Waals surface area contributed by atoms with Crippen LogP contribution in [0.15, 0.2) is 33.5 Å². The number of piperidine rings is 1. The van der Waals surface area contributed by atoms with Crippen LogP contribution in [0.25, 0.3) is 11.1 Å². The maximum Gasteiger partial charge on any atom is 0.419 e. The Labute approximate surface area is 186 Å². The average Bonchev–Trinajstić information content (AvgIpc) is 3.13. The Bertz CT molecular complexity index is 993. The lowest BCUT2D eigenvalue weighted by molar-refractivity contribution is -0.147. The largest absolute Gasteiger partial charge is 0.419 e. The average molecular weight is 446 g/mol. The molecule has 174 valence electrons. The normalized spacial score (nSPS) is 19.9. The number of rotatable bonds is 7. The molecule has 1 atom stereocenters. The second kappa shape index (κ2) is 10.3. The second-order valence-corrected chi connectivity index (χ2v) is 8.45. The Morgan fingerprint density at radius 1 is 1.16 bits per heavy atom. The van der Waals surface area contributed by atoms with Crippen LogP contribution in [-0.4, -0.2) is 78.3 Å². The van der Waals surface area contributed by atoms with Crippen LogP contribution in [-0.2, 0) is 25.6 Å². The lowest BCUT2D eigenvalue weighted by atomic mass is 9.98. The summed E-state index contributed by atoms with van der Waals surface area (Å²) >= 11 is 0. The van der Waals surface area contributed by atoms with Gasteiger partial charge in [-0.1, -0.05) is 12.1 Å². The maximum atomic E-state index is 13.0. The zero-order chi connectivity index (χ0) is 22.5. The molecule has 0 bridgehead atoms. The van der Waals surface area contributed by atoms with E-state index in [1.165, 1.54) is 11.7 Å². The third-order valence-electron chi connectivity index (χ3n) is 6.41. The van der Waals surface area contributed by atoms with E-state index in [0.29, 0.717) is 37.4 Å². The first kappa shape index (κ1) is 22.5. The smallest absolute Gasteiger partial charge is 0.408 e. The summed E-state index contributed by atoms with van der Waals surface area (Å²) in [7, 11) is 1.53. The molecule has 0 N–H and O–H groups in total. The Kier molecular flexibility index (Phi) is 7.26. The Hall–Kier alpha value is -2.65. The molecular weight excluding hydrogens is 414 g/mol. The quantitative estimate of drug-likeness (QED) is 0.643. The van der Waals surface area contributed by atoms with E-state index in [1.807, 2.05) is 28.0 Å². The number of para-hydroxylation sites is 2. The zero-order valence-electron chi connectivity index (χ0n) is 18.5. The first-order valence-electron chi connectivity index (χ1n) is 11.3. The third kappa shape index (κ3) is 4.88. The standard InChI is InChI=1S/C23H31N3O6/c1-30-16-22(28)26(17-9-13-31-14-10-17)18-5-4-11-24(15-18)21(27)8-12-25-19-6-2-3-7-20(19)32-23(25)29/h2-3,6-7,17-18H,4-5,8-16H2,1H3. The summed E-state index contributed by atoms with van der Waals surface area (Å²) < 4.78 is 17.4. The maximum absolute atomic E-state index is 13.0. The first-order chi connectivity index (χ1) is 15.6. The van der Waals surface area contributed by atoms with Crippen LogP contribution in [0.3, 0.4) is 0 Å². The highest BCUT2D eigenvalue weighted by Gasteiger charge is 2.35. The fourth-order valence-electron chi connectivity index (χ4n) is 4.87. The van der Waals surface area contributed by atoms with Crippen molar-refractivity contribution in [3.63, 3.8) is 0 Å². The minimum atomic E-state index is -0.452. The predicted octanol–water partition coefficient (Wildman–Crippen LogP) is 1.63. The number of benzene rings is 1. The van der Waals surface area contributed by atoms with Crippen LogP contribution in [0.2, 0.25) is 0 Å². The molecular formula is C23H31N3O6. The van der Waals surface area contributed by atoms with Crippen LogP contribution < -0.4 is 5.76 Å². The Morgan fingerprint density at radius 3 is 2.72 bits per heavy atom. The van der Waals surface area contributed by atoms with Crippen molar-refractivity contribution in [1.82, 2.24) is 14.4 Å². The lowest BCUT2D eigenvalue weighted by Crippen LogP contribution is -2.56. The Morgan fingerprint density at radius 2 is 1.94 bits per heavy atom. The molecule has 2 aliphatic rings. The summed E-state index contributed by atoms with van der Waals surface area (Å²) in [5.74, 6) is -0.500. The molecule has 3 heterocycles. The van der Waals surface area contributed by atoms with E-state index < -0.39 is 5.76 Å². The van der Waals surface area contributed by atoms with Gasteiger partial charge in [0, 0.05) is 58.5 Å². The van der Waals surface area contributed by atoms with Crippen LogP contribution in [0.5, 0.6) is 0 Å².